The van der Waals surface area contributed by atoms with E-state index in [1.807, 2.05) is 0 Å². The molecule has 0 unspecified atom stereocenters. The molecule has 0 bridgehead atoms. The first-order valence-electron chi connectivity index (χ1n) is 5.11. The van der Waals surface area contributed by atoms with Crippen molar-refractivity contribution in [2.75, 3.05) is 5.32 Å². The zero-order valence-electron chi connectivity index (χ0n) is 9.32. The second-order valence-corrected chi connectivity index (χ2v) is 4.60. The third kappa shape index (κ3) is 2.18. The van der Waals surface area contributed by atoms with Crippen LogP contribution in [0.2, 0.25) is 5.15 Å². The standard InChI is InChI=1S/C10H11ClF3N3/c1-5-7(11)15-6(2)16-8(5)17-9(3-4-9)10(12,13)14/h3-4H2,1-2H3,(H,15,16,17). The molecule has 1 fully saturated rings. The van der Waals surface area contributed by atoms with E-state index in [2.05, 4.69) is 15.3 Å². The minimum absolute atomic E-state index is 0.0661. The van der Waals surface area contributed by atoms with Crippen LogP contribution in [0.5, 0.6) is 0 Å². The molecule has 0 saturated heterocycles. The second-order valence-electron chi connectivity index (χ2n) is 4.24. The first kappa shape index (κ1) is 12.4. The Hall–Kier alpha value is -1.04. The van der Waals surface area contributed by atoms with Crippen molar-refractivity contribution in [3.8, 4) is 0 Å². The van der Waals surface area contributed by atoms with Gasteiger partial charge in [0.05, 0.1) is 0 Å². The summed E-state index contributed by atoms with van der Waals surface area (Å²) in [5, 5.41) is 2.64. The lowest BCUT2D eigenvalue weighted by Gasteiger charge is -2.22. The Kier molecular flexibility index (Phi) is 2.72. The van der Waals surface area contributed by atoms with Crippen molar-refractivity contribution in [2.24, 2.45) is 0 Å². The Balaban J connectivity index is 2.32. The fraction of sp³-hybridized carbons (Fsp3) is 0.600. The summed E-state index contributed by atoms with van der Waals surface area (Å²) in [6.07, 6.45) is -4.14. The highest BCUT2D eigenvalue weighted by molar-refractivity contribution is 6.30. The molecule has 3 nitrogen and oxygen atoms in total. The van der Waals surface area contributed by atoms with Gasteiger partial charge in [0.25, 0.3) is 0 Å². The van der Waals surface area contributed by atoms with Gasteiger partial charge in [-0.1, -0.05) is 11.6 Å². The molecule has 17 heavy (non-hydrogen) atoms. The third-order valence-electron chi connectivity index (χ3n) is 2.85. The Morgan fingerprint density at radius 1 is 1.24 bits per heavy atom. The van der Waals surface area contributed by atoms with E-state index in [9.17, 15) is 13.2 Å². The molecule has 1 heterocycles. The van der Waals surface area contributed by atoms with Crippen LogP contribution < -0.4 is 5.32 Å². The first-order valence-corrected chi connectivity index (χ1v) is 5.49. The molecule has 1 aromatic heterocycles. The van der Waals surface area contributed by atoms with Gasteiger partial charge in [-0.25, -0.2) is 9.97 Å². The van der Waals surface area contributed by atoms with E-state index in [1.54, 1.807) is 13.8 Å². The summed E-state index contributed by atoms with van der Waals surface area (Å²) in [6.45, 7) is 3.18. The van der Waals surface area contributed by atoms with Crippen molar-refractivity contribution in [2.45, 2.75) is 38.4 Å². The average Bonchev–Trinajstić information content (AvgIpc) is 2.93. The zero-order valence-corrected chi connectivity index (χ0v) is 10.1. The van der Waals surface area contributed by atoms with E-state index in [-0.39, 0.29) is 23.8 Å². The van der Waals surface area contributed by atoms with E-state index in [1.165, 1.54) is 0 Å². The molecule has 1 aromatic rings. The van der Waals surface area contributed by atoms with Crippen LogP contribution in [0.25, 0.3) is 0 Å². The third-order valence-corrected chi connectivity index (χ3v) is 3.22. The topological polar surface area (TPSA) is 37.8 Å². The quantitative estimate of drug-likeness (QED) is 0.834. The number of alkyl halides is 3. The molecule has 7 heteroatoms. The summed E-state index contributed by atoms with van der Waals surface area (Å²) in [5.74, 6) is 0.512. The van der Waals surface area contributed by atoms with Gasteiger partial charge in [0, 0.05) is 5.56 Å². The fourth-order valence-electron chi connectivity index (χ4n) is 1.55. The van der Waals surface area contributed by atoms with Gasteiger partial charge < -0.3 is 5.32 Å². The van der Waals surface area contributed by atoms with Crippen LogP contribution in [0.1, 0.15) is 24.2 Å². The molecule has 1 N–H and O–H groups in total. The van der Waals surface area contributed by atoms with E-state index >= 15 is 0 Å². The van der Waals surface area contributed by atoms with Crippen LogP contribution in [0.15, 0.2) is 0 Å². The molecule has 0 aromatic carbocycles. The maximum atomic E-state index is 12.8. The molecular weight excluding hydrogens is 255 g/mol. The highest BCUT2D eigenvalue weighted by Gasteiger charge is 2.63. The van der Waals surface area contributed by atoms with Crippen LogP contribution in [-0.2, 0) is 0 Å². The summed E-state index contributed by atoms with van der Waals surface area (Å²) in [7, 11) is 0. The number of hydrogen-bond donors (Lipinski definition) is 1. The number of aryl methyl sites for hydroxylation is 1. The molecule has 1 saturated carbocycles. The normalized spacial score (nSPS) is 18.0. The van der Waals surface area contributed by atoms with Gasteiger partial charge in [-0.2, -0.15) is 13.2 Å². The summed E-state index contributed by atoms with van der Waals surface area (Å²) >= 11 is 5.81. The van der Waals surface area contributed by atoms with Gasteiger partial charge in [-0.3, -0.25) is 0 Å². The number of aromatic nitrogens is 2. The monoisotopic (exact) mass is 265 g/mol. The molecule has 0 spiro atoms. The smallest absolute Gasteiger partial charge is 0.356 e. The van der Waals surface area contributed by atoms with Crippen molar-refractivity contribution >= 4 is 17.4 Å². The summed E-state index contributed by atoms with van der Waals surface area (Å²) in [5.41, 5.74) is -1.39. The highest BCUT2D eigenvalue weighted by Crippen LogP contribution is 2.51. The van der Waals surface area contributed by atoms with Gasteiger partial charge in [0.15, 0.2) is 0 Å². The minimum atomic E-state index is -4.27. The van der Waals surface area contributed by atoms with Gasteiger partial charge >= 0.3 is 6.18 Å². The highest BCUT2D eigenvalue weighted by atomic mass is 35.5. The van der Waals surface area contributed by atoms with E-state index in [4.69, 9.17) is 11.6 Å². The summed E-state index contributed by atoms with van der Waals surface area (Å²) in [4.78, 5) is 7.85. The molecule has 0 aliphatic heterocycles. The average molecular weight is 266 g/mol. The lowest BCUT2D eigenvalue weighted by atomic mass is 10.2. The van der Waals surface area contributed by atoms with Crippen molar-refractivity contribution in [3.63, 3.8) is 0 Å². The van der Waals surface area contributed by atoms with Crippen LogP contribution in [0.3, 0.4) is 0 Å². The Bertz CT molecular complexity index is 455. The number of rotatable bonds is 2. The maximum Gasteiger partial charge on any atom is 0.411 e. The molecule has 0 radical (unpaired) electrons. The summed E-state index contributed by atoms with van der Waals surface area (Å²) in [6, 6.07) is 0. The number of nitrogens with one attached hydrogen (secondary N) is 1. The first-order chi connectivity index (χ1) is 7.75. The molecule has 94 valence electrons. The lowest BCUT2D eigenvalue weighted by molar-refractivity contribution is -0.151. The van der Waals surface area contributed by atoms with Gasteiger partial charge in [0.2, 0.25) is 0 Å². The predicted octanol–water partition coefficient (Wildman–Crippen LogP) is 3.25. The molecular formula is C10H11ClF3N3. The van der Waals surface area contributed by atoms with Crippen molar-refractivity contribution < 1.29 is 13.2 Å². The molecule has 1 aliphatic carbocycles. The maximum absolute atomic E-state index is 12.8. The van der Waals surface area contributed by atoms with Crippen molar-refractivity contribution in [1.29, 1.82) is 0 Å². The van der Waals surface area contributed by atoms with Gasteiger partial charge in [0.1, 0.15) is 22.3 Å². The van der Waals surface area contributed by atoms with Gasteiger partial charge in [-0.05, 0) is 26.7 Å². The zero-order chi connectivity index (χ0) is 12.8. The Morgan fingerprint density at radius 3 is 2.29 bits per heavy atom. The molecule has 2 rings (SSSR count). The molecule has 0 atom stereocenters. The van der Waals surface area contributed by atoms with Crippen LogP contribution in [0.4, 0.5) is 19.0 Å². The SMILES string of the molecule is Cc1nc(Cl)c(C)c(NC2(C(F)(F)F)CC2)n1. The molecule has 0 amide bonds. The van der Waals surface area contributed by atoms with Gasteiger partial charge in [-0.15, -0.1) is 0 Å². The Morgan fingerprint density at radius 2 is 1.82 bits per heavy atom. The number of anilines is 1. The lowest BCUT2D eigenvalue weighted by Crippen LogP contribution is -2.39. The predicted molar refractivity (Wildman–Crippen MR) is 58.2 cm³/mol. The Labute approximate surface area is 101 Å². The second kappa shape index (κ2) is 3.73. The minimum Gasteiger partial charge on any atom is -0.356 e. The van der Waals surface area contributed by atoms with Crippen LogP contribution >= 0.6 is 11.6 Å². The van der Waals surface area contributed by atoms with Crippen LogP contribution in [0, 0.1) is 13.8 Å². The van der Waals surface area contributed by atoms with Crippen molar-refractivity contribution in [3.05, 3.63) is 16.5 Å². The van der Waals surface area contributed by atoms with E-state index in [0.717, 1.165) is 0 Å². The van der Waals surface area contributed by atoms with E-state index < -0.39 is 11.7 Å². The van der Waals surface area contributed by atoms with Crippen molar-refractivity contribution in [1.82, 2.24) is 9.97 Å². The number of nitrogens with zero attached hydrogens (tertiary/aromatic N) is 2. The number of hydrogen-bond acceptors (Lipinski definition) is 3. The molecule has 1 aliphatic rings. The van der Waals surface area contributed by atoms with Crippen LogP contribution in [-0.4, -0.2) is 21.7 Å². The summed E-state index contributed by atoms with van der Waals surface area (Å²) < 4.78 is 38.3. The fourth-order valence-corrected chi connectivity index (χ4v) is 1.76. The largest absolute Gasteiger partial charge is 0.411 e. The number of halogens is 4. The van der Waals surface area contributed by atoms with E-state index in [0.29, 0.717) is 11.4 Å².